The first-order valence-electron chi connectivity index (χ1n) is 10.3. The molecule has 0 aliphatic rings. The van der Waals surface area contributed by atoms with Gasteiger partial charge in [0.2, 0.25) is 0 Å². The number of methoxy groups -OCH3 is 2. The summed E-state index contributed by atoms with van der Waals surface area (Å²) < 4.78 is 32.0. The zero-order chi connectivity index (χ0) is 23.7. The molecule has 8 heteroatoms. The van der Waals surface area contributed by atoms with E-state index in [-0.39, 0.29) is 11.7 Å². The lowest BCUT2D eigenvalue weighted by atomic mass is 10.1. The quantitative estimate of drug-likeness (QED) is 0.298. The number of ether oxygens (including phenoxy) is 3. The minimum Gasteiger partial charge on any atom is -0.493 e. The van der Waals surface area contributed by atoms with Gasteiger partial charge in [0, 0.05) is 28.7 Å². The van der Waals surface area contributed by atoms with E-state index in [4.69, 9.17) is 14.2 Å². The van der Waals surface area contributed by atoms with Crippen LogP contribution in [0.2, 0.25) is 0 Å². The molecule has 0 fully saturated rings. The monoisotopic (exact) mass is 474 g/mol. The Labute approximate surface area is 198 Å². The predicted octanol–water partition coefficient (Wildman–Crippen LogP) is 6.65. The summed E-state index contributed by atoms with van der Waals surface area (Å²) in [6.45, 7) is 0. The number of benzene rings is 3. The van der Waals surface area contributed by atoms with Gasteiger partial charge in [-0.05, 0) is 53.2 Å². The van der Waals surface area contributed by atoms with Gasteiger partial charge in [0.25, 0.3) is 5.91 Å². The number of rotatable bonds is 6. The van der Waals surface area contributed by atoms with Crippen LogP contribution >= 0.6 is 11.3 Å². The number of hydrogen-bond donors (Lipinski definition) is 1. The van der Waals surface area contributed by atoms with Crippen LogP contribution in [0.5, 0.6) is 23.0 Å². The fourth-order valence-corrected chi connectivity index (χ4v) is 4.30. The van der Waals surface area contributed by atoms with Gasteiger partial charge < -0.3 is 19.5 Å². The third-order valence-electron chi connectivity index (χ3n) is 5.35. The number of fused-ring (bicyclic) bond motifs is 2. The molecule has 34 heavy (non-hydrogen) atoms. The average molecular weight is 475 g/mol. The summed E-state index contributed by atoms with van der Waals surface area (Å²) in [5.74, 6) is 0.863. The average Bonchev–Trinajstić information content (AvgIpc) is 3.40. The van der Waals surface area contributed by atoms with Gasteiger partial charge in [0.05, 0.1) is 24.6 Å². The van der Waals surface area contributed by atoms with Crippen molar-refractivity contribution in [2.24, 2.45) is 0 Å². The minimum absolute atomic E-state index is 0.0742. The fraction of sp³-hybridized carbons (Fsp3) is 0.0769. The van der Waals surface area contributed by atoms with Gasteiger partial charge in [0.1, 0.15) is 5.75 Å². The van der Waals surface area contributed by atoms with Crippen LogP contribution in [0.25, 0.3) is 21.7 Å². The van der Waals surface area contributed by atoms with Crippen molar-refractivity contribution in [2.75, 3.05) is 19.5 Å². The summed E-state index contributed by atoms with van der Waals surface area (Å²) >= 11 is 1.36. The predicted molar refractivity (Wildman–Crippen MR) is 131 cm³/mol. The van der Waals surface area contributed by atoms with Crippen LogP contribution < -0.4 is 19.5 Å². The highest BCUT2D eigenvalue weighted by Crippen LogP contribution is 2.38. The van der Waals surface area contributed by atoms with E-state index < -0.39 is 5.82 Å². The molecule has 0 atom stereocenters. The summed E-state index contributed by atoms with van der Waals surface area (Å²) in [6, 6.07) is 17.1. The molecule has 6 nitrogen and oxygen atoms in total. The molecule has 0 bridgehead atoms. The topological polar surface area (TPSA) is 69.7 Å². The molecule has 0 radical (unpaired) electrons. The van der Waals surface area contributed by atoms with E-state index in [1.54, 1.807) is 75.0 Å². The van der Waals surface area contributed by atoms with Gasteiger partial charge in [-0.1, -0.05) is 12.1 Å². The molecule has 2 heterocycles. The molecule has 0 aliphatic carbocycles. The zero-order valence-electron chi connectivity index (χ0n) is 18.3. The number of hydrogen-bond acceptors (Lipinski definition) is 6. The molecular weight excluding hydrogens is 455 g/mol. The second-order valence-corrected chi connectivity index (χ2v) is 8.33. The summed E-state index contributed by atoms with van der Waals surface area (Å²) in [5, 5.41) is 6.35. The van der Waals surface area contributed by atoms with Crippen LogP contribution in [0, 0.1) is 5.82 Å². The summed E-state index contributed by atoms with van der Waals surface area (Å²) in [5.41, 5.74) is 1.21. The third kappa shape index (κ3) is 3.99. The summed E-state index contributed by atoms with van der Waals surface area (Å²) in [6.07, 6.45) is 1.59. The first kappa shape index (κ1) is 21.7. The number of aromatic nitrogens is 1. The summed E-state index contributed by atoms with van der Waals surface area (Å²) in [7, 11) is 3.09. The Hall–Kier alpha value is -4.17. The van der Waals surface area contributed by atoms with Gasteiger partial charge in [-0.15, -0.1) is 11.3 Å². The van der Waals surface area contributed by atoms with E-state index in [9.17, 15) is 4.79 Å². The van der Waals surface area contributed by atoms with Crippen molar-refractivity contribution in [1.82, 2.24) is 4.98 Å². The molecule has 0 saturated carbocycles. The highest BCUT2D eigenvalue weighted by molar-refractivity contribution is 7.12. The molecule has 3 aromatic carbocycles. The van der Waals surface area contributed by atoms with E-state index in [0.29, 0.717) is 49.5 Å². The van der Waals surface area contributed by atoms with Crippen LogP contribution in [0.15, 0.2) is 72.2 Å². The van der Waals surface area contributed by atoms with Crippen molar-refractivity contribution >= 4 is 44.6 Å². The Morgan fingerprint density at radius 1 is 0.912 bits per heavy atom. The van der Waals surface area contributed by atoms with Gasteiger partial charge >= 0.3 is 0 Å². The number of carbonyl (C=O) groups excluding carboxylic acids is 1. The van der Waals surface area contributed by atoms with E-state index in [1.165, 1.54) is 11.3 Å². The number of halogens is 1. The highest BCUT2D eigenvalue weighted by Gasteiger charge is 2.15. The van der Waals surface area contributed by atoms with Gasteiger partial charge in [-0.25, -0.2) is 4.39 Å². The molecule has 0 saturated heterocycles. The SMILES string of the molecule is COc1cc2nccc(Oc3ccc4cc(NC(=O)c5cccs5)ccc4c3F)c2cc1OC. The number of nitrogens with zero attached hydrogens (tertiary/aromatic N) is 1. The molecule has 0 spiro atoms. The van der Waals surface area contributed by atoms with Crippen molar-refractivity contribution < 1.29 is 23.4 Å². The Kier molecular flexibility index (Phi) is 5.73. The van der Waals surface area contributed by atoms with E-state index in [1.807, 2.05) is 11.4 Å². The van der Waals surface area contributed by atoms with Crippen LogP contribution in [0.3, 0.4) is 0 Å². The smallest absolute Gasteiger partial charge is 0.265 e. The molecule has 170 valence electrons. The first-order valence-corrected chi connectivity index (χ1v) is 11.2. The number of nitrogens with one attached hydrogen (secondary N) is 1. The Morgan fingerprint density at radius 2 is 1.74 bits per heavy atom. The Bertz CT molecular complexity index is 1520. The molecule has 0 aliphatic heterocycles. The standard InChI is InChI=1S/C26H19FN2O4S/c1-31-22-13-18-19(14-23(22)32-2)28-10-9-20(18)33-21-8-5-15-12-16(6-7-17(15)25(21)27)29-26(30)24-4-3-11-34-24/h3-14H,1-2H3,(H,29,30). The fourth-order valence-electron chi connectivity index (χ4n) is 3.68. The van der Waals surface area contributed by atoms with E-state index in [0.717, 1.165) is 0 Å². The second-order valence-electron chi connectivity index (χ2n) is 7.38. The summed E-state index contributed by atoms with van der Waals surface area (Å²) in [4.78, 5) is 17.3. The molecule has 1 amide bonds. The largest absolute Gasteiger partial charge is 0.493 e. The molecular formula is C26H19FN2O4S. The normalized spacial score (nSPS) is 10.9. The van der Waals surface area contributed by atoms with Crippen molar-refractivity contribution in [2.45, 2.75) is 0 Å². The molecule has 1 N–H and O–H groups in total. The zero-order valence-corrected chi connectivity index (χ0v) is 19.1. The van der Waals surface area contributed by atoms with Crippen LogP contribution in [-0.4, -0.2) is 25.1 Å². The maximum Gasteiger partial charge on any atom is 0.265 e. The lowest BCUT2D eigenvalue weighted by molar-refractivity contribution is 0.103. The van der Waals surface area contributed by atoms with Gasteiger partial charge in [0.15, 0.2) is 23.1 Å². The van der Waals surface area contributed by atoms with Crippen molar-refractivity contribution in [3.63, 3.8) is 0 Å². The lowest BCUT2D eigenvalue weighted by Crippen LogP contribution is -2.09. The van der Waals surface area contributed by atoms with Gasteiger partial charge in [-0.3, -0.25) is 9.78 Å². The minimum atomic E-state index is -0.501. The van der Waals surface area contributed by atoms with Crippen LogP contribution in [-0.2, 0) is 0 Å². The van der Waals surface area contributed by atoms with Gasteiger partial charge in [-0.2, -0.15) is 0 Å². The Morgan fingerprint density at radius 3 is 2.50 bits per heavy atom. The molecule has 2 aromatic heterocycles. The maximum absolute atomic E-state index is 15.4. The number of carbonyl (C=O) groups is 1. The Balaban J connectivity index is 1.47. The highest BCUT2D eigenvalue weighted by atomic mass is 32.1. The van der Waals surface area contributed by atoms with E-state index >= 15 is 4.39 Å². The van der Waals surface area contributed by atoms with Crippen LogP contribution in [0.4, 0.5) is 10.1 Å². The number of amides is 1. The van der Waals surface area contributed by atoms with Crippen LogP contribution in [0.1, 0.15) is 9.67 Å². The number of thiophene rings is 1. The third-order valence-corrected chi connectivity index (χ3v) is 6.22. The second kappa shape index (κ2) is 8.99. The number of pyridine rings is 1. The molecule has 0 unspecified atom stereocenters. The lowest BCUT2D eigenvalue weighted by Gasteiger charge is -2.13. The van der Waals surface area contributed by atoms with Crippen molar-refractivity contribution in [3.05, 3.63) is 82.9 Å². The number of anilines is 1. The van der Waals surface area contributed by atoms with Crippen molar-refractivity contribution in [1.29, 1.82) is 0 Å². The molecule has 5 rings (SSSR count). The van der Waals surface area contributed by atoms with Crippen molar-refractivity contribution in [3.8, 4) is 23.0 Å². The maximum atomic E-state index is 15.4. The first-order chi connectivity index (χ1) is 16.6. The molecule has 5 aromatic rings. The van der Waals surface area contributed by atoms with E-state index in [2.05, 4.69) is 10.3 Å².